The molecular formula is C21H22ClN3O6. The summed E-state index contributed by atoms with van der Waals surface area (Å²) in [5.74, 6) is -1.19. The number of methoxy groups -OCH3 is 1. The van der Waals surface area contributed by atoms with E-state index in [0.717, 1.165) is 25.9 Å². The fourth-order valence-electron chi connectivity index (χ4n) is 3.55. The molecule has 2 aromatic rings. The van der Waals surface area contributed by atoms with E-state index in [4.69, 9.17) is 16.3 Å². The second-order valence-electron chi connectivity index (χ2n) is 7.43. The summed E-state index contributed by atoms with van der Waals surface area (Å²) < 4.78 is 5.21. The van der Waals surface area contributed by atoms with Crippen molar-refractivity contribution in [2.24, 2.45) is 5.92 Å². The largest absolute Gasteiger partial charge is 0.493 e. The zero-order valence-electron chi connectivity index (χ0n) is 17.1. The second kappa shape index (κ2) is 9.22. The van der Waals surface area contributed by atoms with Gasteiger partial charge in [0.15, 0.2) is 5.75 Å². The summed E-state index contributed by atoms with van der Waals surface area (Å²) >= 11 is 6.10. The standard InChI is InChI=1S/C21H22ClN3O6/c1-12-5-7-24(8-6-12)18-4-3-14(25(29)30)11-15(18)20(26)23-17-10-13(21(27)28)9-16(22)19(17)31-2/h3-4,9-12H,5-8H2,1-2H3,(H,23,26)(H,27,28). The Hall–Kier alpha value is -3.33. The van der Waals surface area contributed by atoms with Gasteiger partial charge in [-0.3, -0.25) is 14.9 Å². The molecule has 2 aromatic carbocycles. The number of anilines is 2. The van der Waals surface area contributed by atoms with Crippen molar-refractivity contribution in [2.75, 3.05) is 30.4 Å². The Balaban J connectivity index is 2.01. The van der Waals surface area contributed by atoms with Gasteiger partial charge in [0.1, 0.15) is 0 Å². The fraction of sp³-hybridized carbons (Fsp3) is 0.333. The van der Waals surface area contributed by atoms with E-state index in [0.29, 0.717) is 11.6 Å². The number of nitrogens with zero attached hydrogens (tertiary/aromatic N) is 2. The van der Waals surface area contributed by atoms with E-state index in [1.807, 2.05) is 4.90 Å². The van der Waals surface area contributed by atoms with Crippen LogP contribution in [0.1, 0.15) is 40.5 Å². The van der Waals surface area contributed by atoms with E-state index < -0.39 is 16.8 Å². The average Bonchev–Trinajstić information content (AvgIpc) is 2.73. The number of non-ortho nitro benzene ring substituents is 1. The summed E-state index contributed by atoms with van der Waals surface area (Å²) in [6.07, 6.45) is 1.89. The van der Waals surface area contributed by atoms with Crippen molar-refractivity contribution < 1.29 is 24.4 Å². The highest BCUT2D eigenvalue weighted by Gasteiger charge is 2.25. The highest BCUT2D eigenvalue weighted by molar-refractivity contribution is 6.33. The van der Waals surface area contributed by atoms with Gasteiger partial charge < -0.3 is 20.1 Å². The number of hydrogen-bond donors (Lipinski definition) is 2. The van der Waals surface area contributed by atoms with Crippen LogP contribution in [0, 0.1) is 16.0 Å². The van der Waals surface area contributed by atoms with Crippen LogP contribution in [-0.2, 0) is 0 Å². The molecule has 0 spiro atoms. The summed E-state index contributed by atoms with van der Waals surface area (Å²) in [7, 11) is 1.34. The van der Waals surface area contributed by atoms with E-state index in [2.05, 4.69) is 12.2 Å². The first-order valence-electron chi connectivity index (χ1n) is 9.66. The van der Waals surface area contributed by atoms with Gasteiger partial charge in [0.05, 0.1) is 39.6 Å². The molecule has 1 saturated heterocycles. The molecule has 0 unspecified atom stereocenters. The number of halogens is 1. The third-order valence-electron chi connectivity index (χ3n) is 5.30. The highest BCUT2D eigenvalue weighted by Crippen LogP contribution is 2.36. The van der Waals surface area contributed by atoms with Crippen molar-refractivity contribution in [3.8, 4) is 5.75 Å². The number of nitro groups is 1. The fourth-order valence-corrected chi connectivity index (χ4v) is 3.85. The van der Waals surface area contributed by atoms with E-state index >= 15 is 0 Å². The molecule has 164 valence electrons. The molecule has 0 aliphatic carbocycles. The number of aromatic carboxylic acids is 1. The lowest BCUT2D eigenvalue weighted by molar-refractivity contribution is -0.384. The lowest BCUT2D eigenvalue weighted by Crippen LogP contribution is -2.34. The Morgan fingerprint density at radius 1 is 1.26 bits per heavy atom. The molecular weight excluding hydrogens is 426 g/mol. The predicted molar refractivity (Wildman–Crippen MR) is 117 cm³/mol. The van der Waals surface area contributed by atoms with Crippen LogP contribution in [0.4, 0.5) is 17.1 Å². The number of ether oxygens (including phenoxy) is 1. The van der Waals surface area contributed by atoms with Crippen molar-refractivity contribution in [2.45, 2.75) is 19.8 Å². The lowest BCUT2D eigenvalue weighted by Gasteiger charge is -2.33. The van der Waals surface area contributed by atoms with Crippen LogP contribution in [0.25, 0.3) is 0 Å². The molecule has 31 heavy (non-hydrogen) atoms. The van der Waals surface area contributed by atoms with E-state index in [1.165, 1.54) is 31.4 Å². The number of rotatable bonds is 6. The molecule has 0 bridgehead atoms. The molecule has 0 radical (unpaired) electrons. The van der Waals surface area contributed by atoms with Crippen molar-refractivity contribution in [1.82, 2.24) is 0 Å². The molecule has 1 amide bonds. The molecule has 1 fully saturated rings. The number of carbonyl (C=O) groups excluding carboxylic acids is 1. The van der Waals surface area contributed by atoms with Crippen LogP contribution in [-0.4, -0.2) is 42.1 Å². The minimum absolute atomic E-state index is 0.0157. The third kappa shape index (κ3) is 4.88. The number of carboxylic acid groups (broad SMARTS) is 1. The number of benzene rings is 2. The number of nitrogens with one attached hydrogen (secondary N) is 1. The van der Waals surface area contributed by atoms with Crippen LogP contribution in [0.5, 0.6) is 5.75 Å². The summed E-state index contributed by atoms with van der Waals surface area (Å²) in [5.41, 5.74) is 0.396. The number of carboxylic acids is 1. The zero-order valence-corrected chi connectivity index (χ0v) is 17.8. The van der Waals surface area contributed by atoms with Gasteiger partial charge in [-0.05, 0) is 37.0 Å². The monoisotopic (exact) mass is 447 g/mol. The minimum Gasteiger partial charge on any atom is -0.493 e. The maximum Gasteiger partial charge on any atom is 0.335 e. The SMILES string of the molecule is COc1c(Cl)cc(C(=O)O)cc1NC(=O)c1cc([N+](=O)[O-])ccc1N1CCC(C)CC1. The zero-order chi connectivity index (χ0) is 22.7. The minimum atomic E-state index is -1.22. The van der Waals surface area contributed by atoms with Gasteiger partial charge in [0.2, 0.25) is 0 Å². The predicted octanol–water partition coefficient (Wildman–Crippen LogP) is 4.44. The van der Waals surface area contributed by atoms with E-state index in [-0.39, 0.29) is 33.3 Å². The Morgan fingerprint density at radius 2 is 1.94 bits per heavy atom. The van der Waals surface area contributed by atoms with Crippen LogP contribution >= 0.6 is 11.6 Å². The quantitative estimate of drug-likeness (QED) is 0.495. The van der Waals surface area contributed by atoms with E-state index in [9.17, 15) is 24.8 Å². The Morgan fingerprint density at radius 3 is 2.52 bits per heavy atom. The number of nitro benzene ring substituents is 1. The van der Waals surface area contributed by atoms with Gasteiger partial charge in [0, 0.05) is 25.2 Å². The number of hydrogen-bond acceptors (Lipinski definition) is 6. The van der Waals surface area contributed by atoms with Gasteiger partial charge >= 0.3 is 5.97 Å². The van der Waals surface area contributed by atoms with Gasteiger partial charge in [-0.25, -0.2) is 4.79 Å². The third-order valence-corrected chi connectivity index (χ3v) is 5.58. The maximum atomic E-state index is 13.2. The van der Waals surface area contributed by atoms with Gasteiger partial charge in [0.25, 0.3) is 11.6 Å². The Bertz CT molecular complexity index is 1030. The van der Waals surface area contributed by atoms with Gasteiger partial charge in [-0.2, -0.15) is 0 Å². The first-order valence-corrected chi connectivity index (χ1v) is 10.0. The van der Waals surface area contributed by atoms with Crippen molar-refractivity contribution in [3.63, 3.8) is 0 Å². The Kier molecular flexibility index (Phi) is 6.65. The van der Waals surface area contributed by atoms with Gasteiger partial charge in [-0.15, -0.1) is 0 Å². The molecule has 0 atom stereocenters. The molecule has 2 N–H and O–H groups in total. The molecule has 3 rings (SSSR count). The summed E-state index contributed by atoms with van der Waals surface area (Å²) in [6, 6.07) is 6.60. The highest BCUT2D eigenvalue weighted by atomic mass is 35.5. The van der Waals surface area contributed by atoms with Crippen molar-refractivity contribution >= 4 is 40.5 Å². The molecule has 1 aliphatic heterocycles. The normalized spacial score (nSPS) is 14.2. The van der Waals surface area contributed by atoms with E-state index in [1.54, 1.807) is 6.07 Å². The lowest BCUT2D eigenvalue weighted by atomic mass is 9.97. The Labute approximate surface area is 183 Å². The summed E-state index contributed by atoms with van der Waals surface area (Å²) in [4.78, 5) is 37.3. The van der Waals surface area contributed by atoms with Crippen molar-refractivity contribution in [3.05, 3.63) is 56.6 Å². The number of piperidine rings is 1. The molecule has 9 nitrogen and oxygen atoms in total. The van der Waals surface area contributed by atoms with Crippen LogP contribution in [0.3, 0.4) is 0 Å². The topological polar surface area (TPSA) is 122 Å². The molecule has 0 saturated carbocycles. The summed E-state index contributed by atoms with van der Waals surface area (Å²) in [6.45, 7) is 3.61. The number of amides is 1. The van der Waals surface area contributed by atoms with Crippen LogP contribution in [0.15, 0.2) is 30.3 Å². The first kappa shape index (κ1) is 22.4. The molecule has 1 heterocycles. The van der Waals surface area contributed by atoms with Crippen molar-refractivity contribution in [1.29, 1.82) is 0 Å². The van der Waals surface area contributed by atoms with Gasteiger partial charge in [-0.1, -0.05) is 18.5 Å². The first-order chi connectivity index (χ1) is 14.7. The number of carbonyl (C=O) groups is 2. The maximum absolute atomic E-state index is 13.2. The van der Waals surface area contributed by atoms with Crippen LogP contribution in [0.2, 0.25) is 5.02 Å². The molecule has 0 aromatic heterocycles. The van der Waals surface area contributed by atoms with Crippen LogP contribution < -0.4 is 15.0 Å². The second-order valence-corrected chi connectivity index (χ2v) is 7.83. The average molecular weight is 448 g/mol. The smallest absolute Gasteiger partial charge is 0.335 e. The summed E-state index contributed by atoms with van der Waals surface area (Å²) in [5, 5.41) is 23.2. The molecule has 1 aliphatic rings. The molecule has 10 heteroatoms.